The van der Waals surface area contributed by atoms with Gasteiger partial charge in [0.25, 0.3) is 11.8 Å². The van der Waals surface area contributed by atoms with E-state index in [2.05, 4.69) is 5.32 Å². The third-order valence-electron chi connectivity index (χ3n) is 4.00. The van der Waals surface area contributed by atoms with E-state index in [1.807, 2.05) is 13.8 Å². The molecule has 0 unspecified atom stereocenters. The SMILES string of the molecule is CCN(CC)C(=O)c1ccc(NC(=O)COC(=O)[C@@H]2CCCO2)cc1. The molecule has 0 bridgehead atoms. The smallest absolute Gasteiger partial charge is 0.335 e. The second kappa shape index (κ2) is 9.17. The highest BCUT2D eigenvalue weighted by molar-refractivity contribution is 5.96. The summed E-state index contributed by atoms with van der Waals surface area (Å²) in [5.41, 5.74) is 1.10. The first-order valence-electron chi connectivity index (χ1n) is 8.52. The zero-order valence-electron chi connectivity index (χ0n) is 14.6. The predicted octanol–water partition coefficient (Wildman–Crippen LogP) is 1.83. The van der Waals surface area contributed by atoms with Gasteiger partial charge in [-0.15, -0.1) is 0 Å². The first-order chi connectivity index (χ1) is 12.0. The molecule has 7 heteroatoms. The van der Waals surface area contributed by atoms with Crippen LogP contribution in [-0.2, 0) is 19.1 Å². The zero-order chi connectivity index (χ0) is 18.2. The number of carbonyl (C=O) groups is 3. The Hall–Kier alpha value is -2.41. The second-order valence-corrected chi connectivity index (χ2v) is 5.71. The van der Waals surface area contributed by atoms with Gasteiger partial charge in [-0.1, -0.05) is 0 Å². The molecule has 1 aliphatic heterocycles. The Morgan fingerprint density at radius 2 is 1.88 bits per heavy atom. The summed E-state index contributed by atoms with van der Waals surface area (Å²) in [5, 5.41) is 2.63. The molecule has 1 aromatic rings. The summed E-state index contributed by atoms with van der Waals surface area (Å²) in [5.74, 6) is -0.990. The minimum absolute atomic E-state index is 0.0478. The fraction of sp³-hybridized carbons (Fsp3) is 0.500. The van der Waals surface area contributed by atoms with E-state index in [-0.39, 0.29) is 12.5 Å². The summed E-state index contributed by atoms with van der Waals surface area (Å²) in [7, 11) is 0. The van der Waals surface area contributed by atoms with Crippen molar-refractivity contribution in [2.75, 3.05) is 31.6 Å². The monoisotopic (exact) mass is 348 g/mol. The summed E-state index contributed by atoms with van der Waals surface area (Å²) in [6.45, 7) is 5.32. The van der Waals surface area contributed by atoms with Crippen LogP contribution in [0.1, 0.15) is 37.0 Å². The normalized spacial score (nSPS) is 16.3. The number of ether oxygens (including phenoxy) is 2. The summed E-state index contributed by atoms with van der Waals surface area (Å²) >= 11 is 0. The van der Waals surface area contributed by atoms with E-state index < -0.39 is 18.0 Å². The lowest BCUT2D eigenvalue weighted by Gasteiger charge is -2.18. The van der Waals surface area contributed by atoms with E-state index in [0.717, 1.165) is 6.42 Å². The molecule has 1 atom stereocenters. The molecule has 1 aliphatic rings. The van der Waals surface area contributed by atoms with Crippen molar-refractivity contribution in [2.45, 2.75) is 32.8 Å². The Morgan fingerprint density at radius 3 is 2.44 bits per heavy atom. The van der Waals surface area contributed by atoms with Crippen LogP contribution in [0.4, 0.5) is 5.69 Å². The van der Waals surface area contributed by atoms with Gasteiger partial charge < -0.3 is 19.7 Å². The van der Waals surface area contributed by atoms with Crippen molar-refractivity contribution in [3.63, 3.8) is 0 Å². The Kier molecular flexibility index (Phi) is 6.94. The van der Waals surface area contributed by atoms with Crippen LogP contribution in [0.3, 0.4) is 0 Å². The van der Waals surface area contributed by atoms with Gasteiger partial charge >= 0.3 is 5.97 Å². The van der Waals surface area contributed by atoms with Crippen LogP contribution in [0.2, 0.25) is 0 Å². The summed E-state index contributed by atoms with van der Waals surface area (Å²) < 4.78 is 10.1. The van der Waals surface area contributed by atoms with Gasteiger partial charge in [-0.25, -0.2) is 4.79 Å². The average Bonchev–Trinajstić information content (AvgIpc) is 3.16. The van der Waals surface area contributed by atoms with E-state index in [0.29, 0.717) is 37.4 Å². The molecule has 0 saturated carbocycles. The first kappa shape index (κ1) is 18.9. The highest BCUT2D eigenvalue weighted by Gasteiger charge is 2.25. The molecule has 1 heterocycles. The van der Waals surface area contributed by atoms with Crippen LogP contribution < -0.4 is 5.32 Å². The lowest BCUT2D eigenvalue weighted by molar-refractivity contribution is -0.156. The molecular formula is C18H24N2O5. The molecule has 0 aromatic heterocycles. The van der Waals surface area contributed by atoms with Gasteiger partial charge in [0.15, 0.2) is 12.7 Å². The lowest BCUT2D eigenvalue weighted by Crippen LogP contribution is -2.30. The fourth-order valence-corrected chi connectivity index (χ4v) is 2.58. The molecule has 0 radical (unpaired) electrons. The lowest BCUT2D eigenvalue weighted by atomic mass is 10.2. The minimum Gasteiger partial charge on any atom is -0.454 e. The first-order valence-corrected chi connectivity index (χ1v) is 8.52. The number of rotatable bonds is 7. The second-order valence-electron chi connectivity index (χ2n) is 5.71. The van der Waals surface area contributed by atoms with Crippen LogP contribution >= 0.6 is 0 Å². The minimum atomic E-state index is -0.557. The molecule has 0 aliphatic carbocycles. The molecule has 2 rings (SSSR count). The third-order valence-corrected chi connectivity index (χ3v) is 4.00. The molecule has 136 valence electrons. The summed E-state index contributed by atoms with van der Waals surface area (Å²) in [6.07, 6.45) is 0.894. The molecule has 1 N–H and O–H groups in total. The number of nitrogens with zero attached hydrogens (tertiary/aromatic N) is 1. The van der Waals surface area contributed by atoms with Crippen molar-refractivity contribution in [1.82, 2.24) is 4.90 Å². The Bertz CT molecular complexity index is 604. The van der Waals surface area contributed by atoms with Crippen molar-refractivity contribution in [3.05, 3.63) is 29.8 Å². The van der Waals surface area contributed by atoms with Crippen molar-refractivity contribution in [1.29, 1.82) is 0 Å². The van der Waals surface area contributed by atoms with Crippen LogP contribution in [0, 0.1) is 0 Å². The third kappa shape index (κ3) is 5.29. The molecule has 1 saturated heterocycles. The summed E-state index contributed by atoms with van der Waals surface area (Å²) in [6, 6.07) is 6.62. The number of benzene rings is 1. The highest BCUT2D eigenvalue weighted by Crippen LogP contribution is 2.14. The van der Waals surface area contributed by atoms with E-state index in [9.17, 15) is 14.4 Å². The van der Waals surface area contributed by atoms with E-state index in [1.165, 1.54) is 0 Å². The van der Waals surface area contributed by atoms with E-state index in [1.54, 1.807) is 29.2 Å². The topological polar surface area (TPSA) is 84.9 Å². The fourth-order valence-electron chi connectivity index (χ4n) is 2.58. The number of carbonyl (C=O) groups excluding carboxylic acids is 3. The Balaban J connectivity index is 1.82. The number of nitrogens with one attached hydrogen (secondary N) is 1. The standard InChI is InChI=1S/C18H24N2O5/c1-3-20(4-2)17(22)13-7-9-14(10-8-13)19-16(21)12-25-18(23)15-6-5-11-24-15/h7-10,15H,3-6,11-12H2,1-2H3,(H,19,21)/t15-/m0/s1. The Labute approximate surface area is 147 Å². The largest absolute Gasteiger partial charge is 0.454 e. The van der Waals surface area contributed by atoms with Gasteiger partial charge in [0, 0.05) is 30.9 Å². The Morgan fingerprint density at radius 1 is 1.20 bits per heavy atom. The van der Waals surface area contributed by atoms with Crippen LogP contribution in [0.5, 0.6) is 0 Å². The van der Waals surface area contributed by atoms with Gasteiger partial charge in [-0.05, 0) is 51.0 Å². The van der Waals surface area contributed by atoms with Crippen LogP contribution in [0.25, 0.3) is 0 Å². The number of hydrogen-bond donors (Lipinski definition) is 1. The quantitative estimate of drug-likeness (QED) is 0.760. The number of esters is 1. The number of hydrogen-bond acceptors (Lipinski definition) is 5. The maximum absolute atomic E-state index is 12.2. The van der Waals surface area contributed by atoms with Crippen molar-refractivity contribution in [3.8, 4) is 0 Å². The molecular weight excluding hydrogens is 324 g/mol. The van der Waals surface area contributed by atoms with E-state index >= 15 is 0 Å². The van der Waals surface area contributed by atoms with Crippen molar-refractivity contribution in [2.24, 2.45) is 0 Å². The molecule has 7 nitrogen and oxygen atoms in total. The zero-order valence-corrected chi connectivity index (χ0v) is 14.6. The number of anilines is 1. The van der Waals surface area contributed by atoms with Gasteiger partial charge in [-0.3, -0.25) is 9.59 Å². The molecule has 2 amide bonds. The number of amides is 2. The van der Waals surface area contributed by atoms with Crippen molar-refractivity contribution >= 4 is 23.5 Å². The van der Waals surface area contributed by atoms with Gasteiger partial charge in [-0.2, -0.15) is 0 Å². The maximum atomic E-state index is 12.2. The molecule has 25 heavy (non-hydrogen) atoms. The molecule has 1 aromatic carbocycles. The van der Waals surface area contributed by atoms with Crippen molar-refractivity contribution < 1.29 is 23.9 Å². The van der Waals surface area contributed by atoms with Crippen LogP contribution in [-0.4, -0.2) is 55.1 Å². The summed E-state index contributed by atoms with van der Waals surface area (Å²) in [4.78, 5) is 37.5. The predicted molar refractivity (Wildman–Crippen MR) is 92.3 cm³/mol. The average molecular weight is 348 g/mol. The maximum Gasteiger partial charge on any atom is 0.335 e. The molecule has 1 fully saturated rings. The highest BCUT2D eigenvalue weighted by atomic mass is 16.6. The van der Waals surface area contributed by atoms with E-state index in [4.69, 9.17) is 9.47 Å². The molecule has 0 spiro atoms. The van der Waals surface area contributed by atoms with Crippen LogP contribution in [0.15, 0.2) is 24.3 Å². The van der Waals surface area contributed by atoms with Gasteiger partial charge in [0.05, 0.1) is 0 Å². The van der Waals surface area contributed by atoms with Gasteiger partial charge in [0.1, 0.15) is 0 Å². The van der Waals surface area contributed by atoms with Gasteiger partial charge in [0.2, 0.25) is 0 Å².